The third kappa shape index (κ3) is 2.63. The summed E-state index contributed by atoms with van der Waals surface area (Å²) in [4.78, 5) is 11.1. The zero-order chi connectivity index (χ0) is 10.1. The predicted molar refractivity (Wildman–Crippen MR) is 56.1 cm³/mol. The molecule has 1 unspecified atom stereocenters. The third-order valence-electron chi connectivity index (χ3n) is 2.50. The molecule has 0 heterocycles. The first-order valence-electron chi connectivity index (χ1n) is 4.84. The maximum absolute atomic E-state index is 11.1. The van der Waals surface area contributed by atoms with Gasteiger partial charge in [0.25, 0.3) is 0 Å². The van der Waals surface area contributed by atoms with E-state index in [0.29, 0.717) is 11.8 Å². The van der Waals surface area contributed by atoms with Crippen LogP contribution in [0.25, 0.3) is 0 Å². The Kier molecular flexibility index (Phi) is 3.28. The Morgan fingerprint density at radius 2 is 2.15 bits per heavy atom. The maximum Gasteiger partial charge on any atom is 0.319 e. The van der Waals surface area contributed by atoms with Crippen LogP contribution in [0.5, 0.6) is 0 Å². The van der Waals surface area contributed by atoms with Gasteiger partial charge in [0.1, 0.15) is 4.75 Å². The highest BCUT2D eigenvalue weighted by molar-refractivity contribution is 8.01. The molecular formula is C10H18O2S. The summed E-state index contributed by atoms with van der Waals surface area (Å²) >= 11 is 1.61. The number of hydrogen-bond acceptors (Lipinski definition) is 2. The van der Waals surface area contributed by atoms with E-state index in [4.69, 9.17) is 5.11 Å². The third-order valence-corrected chi connectivity index (χ3v) is 4.44. The van der Waals surface area contributed by atoms with Gasteiger partial charge in [0, 0.05) is 0 Å². The molecule has 0 aromatic rings. The molecule has 1 rings (SSSR count). The van der Waals surface area contributed by atoms with Crippen LogP contribution in [0.4, 0.5) is 0 Å². The second kappa shape index (κ2) is 3.91. The fourth-order valence-corrected chi connectivity index (χ4v) is 2.60. The topological polar surface area (TPSA) is 37.3 Å². The summed E-state index contributed by atoms with van der Waals surface area (Å²) in [6.45, 7) is 6.13. The first-order valence-corrected chi connectivity index (χ1v) is 5.82. The van der Waals surface area contributed by atoms with Gasteiger partial charge in [0.05, 0.1) is 0 Å². The maximum atomic E-state index is 11.1. The smallest absolute Gasteiger partial charge is 0.319 e. The lowest BCUT2D eigenvalue weighted by Gasteiger charge is -2.24. The van der Waals surface area contributed by atoms with Crippen LogP contribution in [0, 0.1) is 11.8 Å². The van der Waals surface area contributed by atoms with Gasteiger partial charge in [-0.15, -0.1) is 11.8 Å². The van der Waals surface area contributed by atoms with Gasteiger partial charge in [-0.05, 0) is 37.4 Å². The Bertz CT molecular complexity index is 199. The minimum atomic E-state index is -0.638. The largest absolute Gasteiger partial charge is 0.480 e. The normalized spacial score (nSPS) is 21.5. The summed E-state index contributed by atoms with van der Waals surface area (Å²) in [5, 5.41) is 9.13. The van der Waals surface area contributed by atoms with E-state index in [0.717, 1.165) is 18.6 Å². The van der Waals surface area contributed by atoms with Crippen molar-refractivity contribution in [2.75, 3.05) is 5.75 Å². The average molecular weight is 202 g/mol. The zero-order valence-corrected chi connectivity index (χ0v) is 9.36. The number of hydrogen-bond donors (Lipinski definition) is 1. The van der Waals surface area contributed by atoms with Crippen molar-refractivity contribution >= 4 is 17.7 Å². The minimum Gasteiger partial charge on any atom is -0.480 e. The molecule has 0 aromatic heterocycles. The number of aliphatic carboxylic acids is 1. The van der Waals surface area contributed by atoms with Gasteiger partial charge in [0.2, 0.25) is 0 Å². The highest BCUT2D eigenvalue weighted by Gasteiger charge is 2.47. The summed E-state index contributed by atoms with van der Waals surface area (Å²) in [6, 6.07) is 0. The Balaban J connectivity index is 2.51. The number of thioether (sulfide) groups is 1. The molecule has 1 aliphatic rings. The number of rotatable bonds is 5. The van der Waals surface area contributed by atoms with Crippen molar-refractivity contribution in [3.05, 3.63) is 0 Å². The standard InChI is InChI=1S/C10H18O2S/c1-7(2)6-13-10(3,9(11)12)8-4-5-8/h7-8H,4-6H2,1-3H3,(H,11,12). The molecule has 0 aliphatic heterocycles. The molecule has 1 atom stereocenters. The molecule has 0 radical (unpaired) electrons. The Morgan fingerprint density at radius 1 is 1.62 bits per heavy atom. The highest BCUT2D eigenvalue weighted by Crippen LogP contribution is 2.48. The monoisotopic (exact) mass is 202 g/mol. The summed E-state index contributed by atoms with van der Waals surface area (Å²) in [7, 11) is 0. The van der Waals surface area contributed by atoms with Crippen LogP contribution in [-0.2, 0) is 4.79 Å². The molecule has 1 aliphatic carbocycles. The fourth-order valence-electron chi connectivity index (χ4n) is 1.33. The quantitative estimate of drug-likeness (QED) is 0.744. The van der Waals surface area contributed by atoms with E-state index in [2.05, 4.69) is 13.8 Å². The van der Waals surface area contributed by atoms with E-state index in [1.807, 2.05) is 6.92 Å². The van der Waals surface area contributed by atoms with Gasteiger partial charge in [-0.2, -0.15) is 0 Å². The molecule has 1 N–H and O–H groups in total. The number of carboxylic acids is 1. The molecule has 13 heavy (non-hydrogen) atoms. The Hall–Kier alpha value is -0.180. The van der Waals surface area contributed by atoms with Crippen molar-refractivity contribution in [2.45, 2.75) is 38.4 Å². The van der Waals surface area contributed by atoms with E-state index in [1.54, 1.807) is 11.8 Å². The second-order valence-electron chi connectivity index (χ2n) is 4.39. The van der Waals surface area contributed by atoms with E-state index in [-0.39, 0.29) is 0 Å². The van der Waals surface area contributed by atoms with Crippen LogP contribution in [-0.4, -0.2) is 21.6 Å². The molecule has 0 amide bonds. The lowest BCUT2D eigenvalue weighted by Crippen LogP contribution is -2.34. The van der Waals surface area contributed by atoms with Gasteiger partial charge in [0.15, 0.2) is 0 Å². The summed E-state index contributed by atoms with van der Waals surface area (Å²) in [6.07, 6.45) is 2.18. The van der Waals surface area contributed by atoms with E-state index in [9.17, 15) is 4.79 Å². The van der Waals surface area contributed by atoms with Gasteiger partial charge in [-0.1, -0.05) is 13.8 Å². The van der Waals surface area contributed by atoms with Gasteiger partial charge in [-0.3, -0.25) is 4.79 Å². The summed E-state index contributed by atoms with van der Waals surface area (Å²) in [5.74, 6) is 1.29. The molecule has 2 nitrogen and oxygen atoms in total. The van der Waals surface area contributed by atoms with Crippen LogP contribution in [0.3, 0.4) is 0 Å². The molecule has 76 valence electrons. The van der Waals surface area contributed by atoms with Crippen LogP contribution < -0.4 is 0 Å². The van der Waals surface area contributed by atoms with Crippen molar-refractivity contribution in [2.24, 2.45) is 11.8 Å². The number of carboxylic acid groups (broad SMARTS) is 1. The van der Waals surface area contributed by atoms with Crippen LogP contribution >= 0.6 is 11.8 Å². The molecule has 0 saturated heterocycles. The van der Waals surface area contributed by atoms with E-state index in [1.165, 1.54) is 0 Å². The molecule has 1 saturated carbocycles. The van der Waals surface area contributed by atoms with Gasteiger partial charge >= 0.3 is 5.97 Å². The second-order valence-corrected chi connectivity index (χ2v) is 5.86. The Labute approximate surface area is 84.1 Å². The van der Waals surface area contributed by atoms with Crippen molar-refractivity contribution in [3.63, 3.8) is 0 Å². The van der Waals surface area contributed by atoms with Gasteiger partial charge < -0.3 is 5.11 Å². The molecular weight excluding hydrogens is 184 g/mol. The lowest BCUT2D eigenvalue weighted by atomic mass is 10.1. The molecule has 0 aromatic carbocycles. The fraction of sp³-hybridized carbons (Fsp3) is 0.900. The first kappa shape index (κ1) is 10.9. The average Bonchev–Trinajstić information content (AvgIpc) is 2.81. The zero-order valence-electron chi connectivity index (χ0n) is 8.54. The predicted octanol–water partition coefficient (Wildman–Crippen LogP) is 2.63. The van der Waals surface area contributed by atoms with Gasteiger partial charge in [-0.25, -0.2) is 0 Å². The van der Waals surface area contributed by atoms with Crippen molar-refractivity contribution < 1.29 is 9.90 Å². The SMILES string of the molecule is CC(C)CSC(C)(C(=O)O)C1CC1. The van der Waals surface area contributed by atoms with Crippen molar-refractivity contribution in [3.8, 4) is 0 Å². The highest BCUT2D eigenvalue weighted by atomic mass is 32.2. The first-order chi connectivity index (χ1) is 5.97. The summed E-state index contributed by atoms with van der Waals surface area (Å²) in [5.41, 5.74) is 0. The molecule has 0 spiro atoms. The lowest BCUT2D eigenvalue weighted by molar-refractivity contribution is -0.139. The van der Waals surface area contributed by atoms with Crippen molar-refractivity contribution in [1.82, 2.24) is 0 Å². The van der Waals surface area contributed by atoms with Crippen LogP contribution in [0.1, 0.15) is 33.6 Å². The van der Waals surface area contributed by atoms with Crippen molar-refractivity contribution in [1.29, 1.82) is 0 Å². The molecule has 3 heteroatoms. The van der Waals surface area contributed by atoms with E-state index >= 15 is 0 Å². The van der Waals surface area contributed by atoms with Crippen LogP contribution in [0.2, 0.25) is 0 Å². The van der Waals surface area contributed by atoms with Crippen LogP contribution in [0.15, 0.2) is 0 Å². The molecule has 1 fully saturated rings. The minimum absolute atomic E-state index is 0.411. The van der Waals surface area contributed by atoms with E-state index < -0.39 is 10.7 Å². The Morgan fingerprint density at radius 3 is 2.46 bits per heavy atom. The molecule has 0 bridgehead atoms. The number of carbonyl (C=O) groups is 1. The summed E-state index contributed by atoms with van der Waals surface area (Å²) < 4.78 is -0.524.